The van der Waals surface area contributed by atoms with E-state index < -0.39 is 18.3 Å². The molecule has 2 aromatic rings. The van der Waals surface area contributed by atoms with Crippen LogP contribution >= 0.6 is 0 Å². The van der Waals surface area contributed by atoms with E-state index in [1.807, 2.05) is 37.3 Å². The fourth-order valence-corrected chi connectivity index (χ4v) is 4.05. The van der Waals surface area contributed by atoms with Gasteiger partial charge in [-0.05, 0) is 55.0 Å². The lowest BCUT2D eigenvalue weighted by molar-refractivity contribution is -0.0155. The number of ether oxygens (including phenoxy) is 2. The minimum atomic E-state index is -1.57. The molecule has 6 heteroatoms. The van der Waals surface area contributed by atoms with Crippen LogP contribution in [-0.2, 0) is 4.74 Å². The SMILES string of the molecule is CCCCCCC(CCCOc1ccc(-c2ccccc2C(=O)O)cc1)OC[C@H](F)[C@@H](F)CCC. The first-order chi connectivity index (χ1) is 17.0. The molecule has 194 valence electrons. The second-order valence-corrected chi connectivity index (χ2v) is 8.99. The van der Waals surface area contributed by atoms with Gasteiger partial charge in [-0.3, -0.25) is 0 Å². The third kappa shape index (κ3) is 10.4. The predicted octanol–water partition coefficient (Wildman–Crippen LogP) is 8.04. The number of unbranched alkanes of at least 4 members (excludes halogenated alkanes) is 3. The number of halogens is 2. The zero-order valence-corrected chi connectivity index (χ0v) is 21.1. The molecule has 0 saturated carbocycles. The highest BCUT2D eigenvalue weighted by atomic mass is 19.2. The average molecular weight is 491 g/mol. The summed E-state index contributed by atoms with van der Waals surface area (Å²) in [6.07, 6.45) is 4.46. The van der Waals surface area contributed by atoms with Crippen LogP contribution in [0.5, 0.6) is 5.75 Å². The quantitative estimate of drug-likeness (QED) is 0.215. The summed E-state index contributed by atoms with van der Waals surface area (Å²) in [5, 5.41) is 9.40. The molecule has 3 atom stereocenters. The lowest BCUT2D eigenvalue weighted by Gasteiger charge is -2.21. The van der Waals surface area contributed by atoms with E-state index in [0.717, 1.165) is 50.5 Å². The molecule has 2 aromatic carbocycles. The first-order valence-electron chi connectivity index (χ1n) is 12.9. The van der Waals surface area contributed by atoms with Crippen molar-refractivity contribution in [1.29, 1.82) is 0 Å². The van der Waals surface area contributed by atoms with Gasteiger partial charge in [0.1, 0.15) is 11.9 Å². The summed E-state index contributed by atoms with van der Waals surface area (Å²) < 4.78 is 39.5. The molecule has 0 spiro atoms. The van der Waals surface area contributed by atoms with Crippen LogP contribution in [0.4, 0.5) is 8.78 Å². The Morgan fingerprint density at radius 1 is 0.857 bits per heavy atom. The Morgan fingerprint density at radius 3 is 2.26 bits per heavy atom. The molecule has 0 heterocycles. The average Bonchev–Trinajstić information content (AvgIpc) is 2.87. The number of aromatic carboxylic acids is 1. The summed E-state index contributed by atoms with van der Waals surface area (Å²) in [5.74, 6) is -0.260. The number of rotatable bonds is 18. The maximum atomic E-state index is 14.1. The Morgan fingerprint density at radius 2 is 1.57 bits per heavy atom. The summed E-state index contributed by atoms with van der Waals surface area (Å²) in [5.41, 5.74) is 1.73. The van der Waals surface area contributed by atoms with Gasteiger partial charge in [0.15, 0.2) is 6.17 Å². The van der Waals surface area contributed by atoms with Crippen LogP contribution in [-0.4, -0.2) is 42.7 Å². The third-order valence-electron chi connectivity index (χ3n) is 6.09. The lowest BCUT2D eigenvalue weighted by atomic mass is 10.00. The summed E-state index contributed by atoms with van der Waals surface area (Å²) in [6, 6.07) is 14.3. The summed E-state index contributed by atoms with van der Waals surface area (Å²) in [6.45, 7) is 4.30. The molecule has 2 rings (SSSR count). The van der Waals surface area contributed by atoms with Crippen molar-refractivity contribution in [2.24, 2.45) is 0 Å². The molecule has 1 unspecified atom stereocenters. The van der Waals surface area contributed by atoms with E-state index >= 15 is 0 Å². The van der Waals surface area contributed by atoms with Crippen molar-refractivity contribution in [2.75, 3.05) is 13.2 Å². The molecule has 0 aromatic heterocycles. The monoisotopic (exact) mass is 490 g/mol. The molecule has 0 radical (unpaired) electrons. The number of carboxylic acid groups (broad SMARTS) is 1. The number of hydrogen-bond donors (Lipinski definition) is 1. The van der Waals surface area contributed by atoms with Crippen LogP contribution in [0.25, 0.3) is 11.1 Å². The van der Waals surface area contributed by atoms with Gasteiger partial charge in [0.05, 0.1) is 24.9 Å². The van der Waals surface area contributed by atoms with Crippen molar-refractivity contribution in [3.8, 4) is 16.9 Å². The molecule has 1 N–H and O–H groups in total. The zero-order valence-electron chi connectivity index (χ0n) is 21.1. The van der Waals surface area contributed by atoms with Gasteiger partial charge >= 0.3 is 5.97 Å². The Labute approximate surface area is 208 Å². The second kappa shape index (κ2) is 16.2. The summed E-state index contributed by atoms with van der Waals surface area (Å²) >= 11 is 0. The van der Waals surface area contributed by atoms with Crippen molar-refractivity contribution < 1.29 is 28.2 Å². The van der Waals surface area contributed by atoms with Gasteiger partial charge in [-0.2, -0.15) is 0 Å². The smallest absolute Gasteiger partial charge is 0.336 e. The molecule has 0 fully saturated rings. The Kier molecular flexibility index (Phi) is 13.4. The van der Waals surface area contributed by atoms with Gasteiger partial charge < -0.3 is 14.6 Å². The number of benzene rings is 2. The van der Waals surface area contributed by atoms with Crippen molar-refractivity contribution in [3.63, 3.8) is 0 Å². The maximum Gasteiger partial charge on any atom is 0.336 e. The van der Waals surface area contributed by atoms with Crippen LogP contribution in [0, 0.1) is 0 Å². The molecule has 0 aliphatic carbocycles. The van der Waals surface area contributed by atoms with Crippen LogP contribution in [0.15, 0.2) is 48.5 Å². The standard InChI is InChI=1S/C29H40F2O4/c1-3-5-6-7-12-23(35-21-28(31)27(30)11-4-2)13-10-20-34-24-18-16-22(17-19-24)25-14-8-9-15-26(25)29(32)33/h8-9,14-19,23,27-28H,3-7,10-13,20-21H2,1-2H3,(H,32,33)/t23?,27-,28-/m0/s1. The molecule has 0 aliphatic heterocycles. The molecule has 0 amide bonds. The van der Waals surface area contributed by atoms with E-state index in [1.54, 1.807) is 18.2 Å². The Hall–Kier alpha value is -2.47. The van der Waals surface area contributed by atoms with Crippen molar-refractivity contribution in [2.45, 2.75) is 90.1 Å². The topological polar surface area (TPSA) is 55.8 Å². The minimum Gasteiger partial charge on any atom is -0.494 e. The van der Waals surface area contributed by atoms with Gasteiger partial charge in [0.2, 0.25) is 0 Å². The highest BCUT2D eigenvalue weighted by Crippen LogP contribution is 2.26. The zero-order chi connectivity index (χ0) is 25.5. The van der Waals surface area contributed by atoms with Crippen LogP contribution in [0.1, 0.15) is 82.0 Å². The molecule has 35 heavy (non-hydrogen) atoms. The van der Waals surface area contributed by atoms with Gasteiger partial charge in [0.25, 0.3) is 0 Å². The van der Waals surface area contributed by atoms with Crippen molar-refractivity contribution in [1.82, 2.24) is 0 Å². The fraction of sp³-hybridized carbons (Fsp3) is 0.552. The molecule has 0 saturated heterocycles. The summed E-state index contributed by atoms with van der Waals surface area (Å²) in [7, 11) is 0. The first-order valence-corrected chi connectivity index (χ1v) is 12.9. The van der Waals surface area contributed by atoms with Crippen molar-refractivity contribution in [3.05, 3.63) is 54.1 Å². The Bertz CT molecular complexity index is 856. The van der Waals surface area contributed by atoms with Crippen LogP contribution in [0.2, 0.25) is 0 Å². The van der Waals surface area contributed by atoms with E-state index in [4.69, 9.17) is 9.47 Å². The predicted molar refractivity (Wildman–Crippen MR) is 137 cm³/mol. The Balaban J connectivity index is 1.83. The second-order valence-electron chi connectivity index (χ2n) is 8.99. The van der Waals surface area contributed by atoms with E-state index in [-0.39, 0.29) is 24.7 Å². The highest BCUT2D eigenvalue weighted by molar-refractivity contribution is 5.96. The molecule has 0 aliphatic rings. The normalized spacial score (nSPS) is 13.8. The maximum absolute atomic E-state index is 14.1. The van der Waals surface area contributed by atoms with Gasteiger partial charge in [0, 0.05) is 0 Å². The van der Waals surface area contributed by atoms with E-state index in [2.05, 4.69) is 6.92 Å². The summed E-state index contributed by atoms with van der Waals surface area (Å²) in [4.78, 5) is 11.5. The molecular formula is C29H40F2O4. The molecule has 4 nitrogen and oxygen atoms in total. The lowest BCUT2D eigenvalue weighted by Crippen LogP contribution is -2.26. The molecular weight excluding hydrogens is 450 g/mol. The minimum absolute atomic E-state index is 0.0996. The van der Waals surface area contributed by atoms with Crippen LogP contribution < -0.4 is 4.74 Å². The van der Waals surface area contributed by atoms with Crippen molar-refractivity contribution >= 4 is 5.97 Å². The van der Waals surface area contributed by atoms with Gasteiger partial charge in [-0.15, -0.1) is 0 Å². The number of alkyl halides is 2. The number of carbonyl (C=O) groups is 1. The fourth-order valence-electron chi connectivity index (χ4n) is 4.05. The number of carboxylic acids is 1. The van der Waals surface area contributed by atoms with Crippen LogP contribution in [0.3, 0.4) is 0 Å². The van der Waals surface area contributed by atoms with E-state index in [0.29, 0.717) is 24.3 Å². The largest absolute Gasteiger partial charge is 0.494 e. The first kappa shape index (κ1) is 28.8. The number of hydrogen-bond acceptors (Lipinski definition) is 3. The van der Waals surface area contributed by atoms with E-state index in [9.17, 15) is 18.7 Å². The van der Waals surface area contributed by atoms with Gasteiger partial charge in [-0.25, -0.2) is 13.6 Å². The molecule has 0 bridgehead atoms. The van der Waals surface area contributed by atoms with Gasteiger partial charge in [-0.1, -0.05) is 76.3 Å². The third-order valence-corrected chi connectivity index (χ3v) is 6.09. The van der Waals surface area contributed by atoms with E-state index in [1.165, 1.54) is 0 Å². The highest BCUT2D eigenvalue weighted by Gasteiger charge is 2.21.